The molecule has 0 amide bonds. The van der Waals surface area contributed by atoms with Crippen molar-refractivity contribution in [3.63, 3.8) is 0 Å². The summed E-state index contributed by atoms with van der Waals surface area (Å²) in [4.78, 5) is 18.4. The van der Waals surface area contributed by atoms with Gasteiger partial charge in [-0.2, -0.15) is 4.98 Å². The van der Waals surface area contributed by atoms with Gasteiger partial charge in [-0.1, -0.05) is 17.7 Å². The maximum atomic E-state index is 11.2. The molecular weight excluding hydrogens is 296 g/mol. The number of aromatic nitrogens is 2. The fraction of sp³-hybridized carbons (Fsp3) is 0.231. The molecule has 0 saturated carbocycles. The first kappa shape index (κ1) is 15.0. The number of hydrogen-bond acceptors (Lipinski definition) is 6. The Morgan fingerprint density at radius 2 is 2.19 bits per heavy atom. The fourth-order valence-corrected chi connectivity index (χ4v) is 1.89. The van der Waals surface area contributed by atoms with Gasteiger partial charge < -0.3 is 10.1 Å². The average Bonchev–Trinajstić information content (AvgIpc) is 2.43. The van der Waals surface area contributed by atoms with Gasteiger partial charge in [-0.3, -0.25) is 10.1 Å². The fourth-order valence-electron chi connectivity index (χ4n) is 1.72. The van der Waals surface area contributed by atoms with Crippen LogP contribution in [0.5, 0.6) is 5.88 Å². The van der Waals surface area contributed by atoms with Crippen LogP contribution in [0.2, 0.25) is 5.02 Å². The van der Waals surface area contributed by atoms with Crippen molar-refractivity contribution in [3.8, 4) is 5.88 Å². The van der Waals surface area contributed by atoms with Crippen molar-refractivity contribution < 1.29 is 9.66 Å². The Morgan fingerprint density at radius 3 is 2.86 bits per heavy atom. The van der Waals surface area contributed by atoms with Gasteiger partial charge in [0.15, 0.2) is 0 Å². The summed E-state index contributed by atoms with van der Waals surface area (Å²) in [7, 11) is 0. The monoisotopic (exact) mass is 308 g/mol. The van der Waals surface area contributed by atoms with Crippen molar-refractivity contribution >= 4 is 28.8 Å². The summed E-state index contributed by atoms with van der Waals surface area (Å²) in [5.41, 5.74) is 1.20. The molecule has 2 rings (SSSR count). The topological polar surface area (TPSA) is 90.2 Å². The van der Waals surface area contributed by atoms with Crippen LogP contribution >= 0.6 is 11.6 Å². The van der Waals surface area contributed by atoms with Crippen LogP contribution in [-0.4, -0.2) is 21.5 Å². The van der Waals surface area contributed by atoms with Crippen molar-refractivity contribution in [3.05, 3.63) is 45.2 Å². The molecule has 0 radical (unpaired) electrons. The second kappa shape index (κ2) is 6.36. The van der Waals surface area contributed by atoms with Gasteiger partial charge >= 0.3 is 5.69 Å². The predicted octanol–water partition coefficient (Wildman–Crippen LogP) is 3.49. The number of nitro groups is 1. The van der Waals surface area contributed by atoms with Crippen LogP contribution in [0, 0.1) is 17.0 Å². The van der Waals surface area contributed by atoms with E-state index in [0.717, 1.165) is 5.56 Å². The Morgan fingerprint density at radius 1 is 1.43 bits per heavy atom. The Balaban J connectivity index is 2.46. The van der Waals surface area contributed by atoms with Crippen LogP contribution in [0.25, 0.3) is 0 Å². The van der Waals surface area contributed by atoms with E-state index in [-0.39, 0.29) is 24.0 Å². The molecule has 0 unspecified atom stereocenters. The zero-order chi connectivity index (χ0) is 15.4. The molecule has 0 aliphatic carbocycles. The summed E-state index contributed by atoms with van der Waals surface area (Å²) in [5, 5.41) is 14.7. The van der Waals surface area contributed by atoms with Gasteiger partial charge in [-0.05, 0) is 31.5 Å². The Bertz CT molecular complexity index is 678. The lowest BCUT2D eigenvalue weighted by atomic mass is 10.2. The third-order valence-electron chi connectivity index (χ3n) is 2.71. The van der Waals surface area contributed by atoms with E-state index in [0.29, 0.717) is 10.7 Å². The van der Waals surface area contributed by atoms with E-state index >= 15 is 0 Å². The van der Waals surface area contributed by atoms with Gasteiger partial charge in [-0.15, -0.1) is 0 Å². The summed E-state index contributed by atoms with van der Waals surface area (Å²) < 4.78 is 5.17. The average molecular weight is 309 g/mol. The number of nitrogens with zero attached hydrogens (tertiary/aromatic N) is 3. The zero-order valence-electron chi connectivity index (χ0n) is 11.5. The molecule has 21 heavy (non-hydrogen) atoms. The molecule has 0 atom stereocenters. The van der Waals surface area contributed by atoms with Crippen molar-refractivity contribution in [2.45, 2.75) is 13.8 Å². The molecule has 0 aliphatic heterocycles. The van der Waals surface area contributed by atoms with E-state index < -0.39 is 4.92 Å². The van der Waals surface area contributed by atoms with Crippen molar-refractivity contribution in [1.29, 1.82) is 0 Å². The third kappa shape index (κ3) is 3.38. The highest BCUT2D eigenvalue weighted by Crippen LogP contribution is 2.34. The summed E-state index contributed by atoms with van der Waals surface area (Å²) in [5.74, 6) is -0.0107. The minimum absolute atomic E-state index is 0.0591. The third-order valence-corrected chi connectivity index (χ3v) is 2.94. The molecular formula is C13H13ClN4O3. The normalized spacial score (nSPS) is 10.2. The molecule has 2 aromatic rings. The number of rotatable bonds is 5. The van der Waals surface area contributed by atoms with E-state index in [9.17, 15) is 10.1 Å². The van der Waals surface area contributed by atoms with Crippen molar-refractivity contribution in [2.75, 3.05) is 11.9 Å². The van der Waals surface area contributed by atoms with Gasteiger partial charge in [0.25, 0.3) is 5.88 Å². The molecule has 1 aromatic heterocycles. The molecule has 110 valence electrons. The number of anilines is 2. The molecule has 0 fully saturated rings. The molecule has 1 N–H and O–H groups in total. The number of nitrogens with one attached hydrogen (secondary N) is 1. The Hall–Kier alpha value is -2.41. The lowest BCUT2D eigenvalue weighted by Crippen LogP contribution is -2.05. The van der Waals surface area contributed by atoms with E-state index in [1.807, 2.05) is 6.92 Å². The summed E-state index contributed by atoms with van der Waals surface area (Å²) in [6, 6.07) is 5.21. The maximum Gasteiger partial charge on any atom is 0.373 e. The van der Waals surface area contributed by atoms with Crippen molar-refractivity contribution in [1.82, 2.24) is 9.97 Å². The minimum atomic E-state index is -0.576. The maximum absolute atomic E-state index is 11.2. The zero-order valence-corrected chi connectivity index (χ0v) is 12.2. The van der Waals surface area contributed by atoms with Gasteiger partial charge in [0, 0.05) is 10.7 Å². The van der Waals surface area contributed by atoms with E-state index in [1.54, 1.807) is 25.1 Å². The van der Waals surface area contributed by atoms with E-state index in [2.05, 4.69) is 15.3 Å². The first-order valence-electron chi connectivity index (χ1n) is 6.18. The van der Waals surface area contributed by atoms with Gasteiger partial charge in [0.2, 0.25) is 5.82 Å². The highest BCUT2D eigenvalue weighted by atomic mass is 35.5. The smallest absolute Gasteiger partial charge is 0.373 e. The first-order valence-corrected chi connectivity index (χ1v) is 6.56. The van der Waals surface area contributed by atoms with Crippen LogP contribution in [0.15, 0.2) is 24.5 Å². The van der Waals surface area contributed by atoms with Crippen LogP contribution in [0.3, 0.4) is 0 Å². The first-order chi connectivity index (χ1) is 10.0. The van der Waals surface area contributed by atoms with Crippen LogP contribution in [0.1, 0.15) is 12.5 Å². The van der Waals surface area contributed by atoms with Crippen molar-refractivity contribution in [2.24, 2.45) is 0 Å². The van der Waals surface area contributed by atoms with Gasteiger partial charge in [0.05, 0.1) is 11.5 Å². The molecule has 8 heteroatoms. The SMILES string of the molecule is CCOc1ncnc(Nc2cc(Cl)ccc2C)c1[N+](=O)[O-]. The molecule has 0 spiro atoms. The highest BCUT2D eigenvalue weighted by molar-refractivity contribution is 6.30. The lowest BCUT2D eigenvalue weighted by molar-refractivity contribution is -0.385. The Kier molecular flexibility index (Phi) is 4.54. The van der Waals surface area contributed by atoms with Gasteiger partial charge in [0.1, 0.15) is 6.33 Å². The standard InChI is InChI=1S/C13H13ClN4O3/c1-3-21-13-11(18(19)20)12(15-7-16-13)17-10-6-9(14)5-4-8(10)2/h4-7H,3H2,1-2H3,(H,15,16,17). The second-order valence-electron chi connectivity index (χ2n) is 4.15. The lowest BCUT2D eigenvalue weighted by Gasteiger charge is -2.10. The molecule has 0 aliphatic rings. The summed E-state index contributed by atoms with van der Waals surface area (Å²) in [6.45, 7) is 3.85. The number of halogens is 1. The second-order valence-corrected chi connectivity index (χ2v) is 4.59. The van der Waals surface area contributed by atoms with E-state index in [1.165, 1.54) is 6.33 Å². The highest BCUT2D eigenvalue weighted by Gasteiger charge is 2.24. The van der Waals surface area contributed by atoms with Crippen LogP contribution < -0.4 is 10.1 Å². The van der Waals surface area contributed by atoms with Crippen LogP contribution in [0.4, 0.5) is 17.2 Å². The minimum Gasteiger partial charge on any atom is -0.473 e. The molecule has 1 heterocycles. The molecule has 1 aromatic carbocycles. The van der Waals surface area contributed by atoms with Crippen LogP contribution in [-0.2, 0) is 0 Å². The quantitative estimate of drug-likeness (QED) is 0.671. The molecule has 0 bridgehead atoms. The number of benzene rings is 1. The molecule has 7 nitrogen and oxygen atoms in total. The largest absolute Gasteiger partial charge is 0.473 e. The number of ether oxygens (including phenoxy) is 1. The predicted molar refractivity (Wildman–Crippen MR) is 79.3 cm³/mol. The number of aryl methyl sites for hydroxylation is 1. The van der Waals surface area contributed by atoms with E-state index in [4.69, 9.17) is 16.3 Å². The summed E-state index contributed by atoms with van der Waals surface area (Å²) >= 11 is 5.94. The Labute approximate surface area is 126 Å². The summed E-state index contributed by atoms with van der Waals surface area (Å²) in [6.07, 6.45) is 1.21. The van der Waals surface area contributed by atoms with Gasteiger partial charge in [-0.25, -0.2) is 4.98 Å². The number of hydrogen-bond donors (Lipinski definition) is 1. The molecule has 0 saturated heterocycles.